The Hall–Kier alpha value is -0.960. The van der Waals surface area contributed by atoms with Crippen LogP contribution in [0.3, 0.4) is 0 Å². The summed E-state index contributed by atoms with van der Waals surface area (Å²) in [7, 11) is 0. The maximum Gasteiger partial charge on any atom is 0.227 e. The number of benzene rings is 1. The molecule has 0 unspecified atom stereocenters. The van der Waals surface area contributed by atoms with E-state index in [1.165, 1.54) is 12.0 Å². The van der Waals surface area contributed by atoms with Gasteiger partial charge >= 0.3 is 0 Å². The largest absolute Gasteiger partial charge is 0.339 e. The number of hydrogen-bond acceptors (Lipinski definition) is 2. The van der Waals surface area contributed by atoms with E-state index in [9.17, 15) is 4.79 Å². The third kappa shape index (κ3) is 5.35. The van der Waals surface area contributed by atoms with Crippen molar-refractivity contribution in [1.29, 1.82) is 0 Å². The summed E-state index contributed by atoms with van der Waals surface area (Å²) in [4.78, 5) is 14.9. The standard InChI is InChI=1S/C19H29NOS/c1-15-8-7-9-16(12-15)13-18(21)20-11-6-5-10-17(20)14-22-19(2,3)4/h7-9,12,17H,5-6,10-11,13-14H2,1-4H3/t17-/m0/s1. The average molecular weight is 320 g/mol. The van der Waals surface area contributed by atoms with Gasteiger partial charge in [-0.15, -0.1) is 0 Å². The molecule has 1 fully saturated rings. The minimum absolute atomic E-state index is 0.267. The minimum atomic E-state index is 0.267. The first kappa shape index (κ1) is 17.4. The van der Waals surface area contributed by atoms with Gasteiger partial charge in [-0.05, 0) is 31.7 Å². The number of likely N-dealkylation sites (tertiary alicyclic amines) is 1. The van der Waals surface area contributed by atoms with Crippen LogP contribution in [0, 0.1) is 6.92 Å². The number of piperidine rings is 1. The normalized spacial score (nSPS) is 19.3. The van der Waals surface area contributed by atoms with Crippen LogP contribution in [0.15, 0.2) is 24.3 Å². The van der Waals surface area contributed by atoms with Crippen LogP contribution >= 0.6 is 11.8 Å². The molecule has 0 spiro atoms. The molecule has 0 saturated carbocycles. The number of amides is 1. The highest BCUT2D eigenvalue weighted by molar-refractivity contribution is 8.00. The predicted octanol–water partition coefficient (Wildman–Crippen LogP) is 4.45. The van der Waals surface area contributed by atoms with E-state index in [2.05, 4.69) is 50.8 Å². The average Bonchev–Trinajstić information content (AvgIpc) is 2.44. The molecule has 1 aliphatic rings. The number of hydrogen-bond donors (Lipinski definition) is 0. The van der Waals surface area contributed by atoms with Crippen LogP contribution in [0.2, 0.25) is 0 Å². The second kappa shape index (κ2) is 7.54. The first-order valence-corrected chi connectivity index (χ1v) is 9.33. The van der Waals surface area contributed by atoms with E-state index in [4.69, 9.17) is 0 Å². The van der Waals surface area contributed by atoms with Gasteiger partial charge in [0.2, 0.25) is 5.91 Å². The fraction of sp³-hybridized carbons (Fsp3) is 0.632. The Morgan fingerprint density at radius 1 is 1.32 bits per heavy atom. The summed E-state index contributed by atoms with van der Waals surface area (Å²) < 4.78 is 0.267. The topological polar surface area (TPSA) is 20.3 Å². The van der Waals surface area contributed by atoms with Gasteiger partial charge in [0.25, 0.3) is 0 Å². The van der Waals surface area contributed by atoms with E-state index < -0.39 is 0 Å². The highest BCUT2D eigenvalue weighted by atomic mass is 32.2. The molecule has 1 aromatic carbocycles. The van der Waals surface area contributed by atoms with Crippen molar-refractivity contribution in [3.05, 3.63) is 35.4 Å². The summed E-state index contributed by atoms with van der Waals surface area (Å²) in [5, 5.41) is 0. The Morgan fingerprint density at radius 3 is 2.77 bits per heavy atom. The first-order chi connectivity index (χ1) is 10.3. The zero-order valence-corrected chi connectivity index (χ0v) is 15.2. The smallest absolute Gasteiger partial charge is 0.227 e. The molecule has 0 radical (unpaired) electrons. The van der Waals surface area contributed by atoms with Gasteiger partial charge in [-0.1, -0.05) is 50.6 Å². The number of carbonyl (C=O) groups excluding carboxylic acids is 1. The number of rotatable bonds is 4. The van der Waals surface area contributed by atoms with Crippen molar-refractivity contribution in [2.45, 2.75) is 64.2 Å². The summed E-state index contributed by atoms with van der Waals surface area (Å²) in [6.45, 7) is 9.76. The molecular weight excluding hydrogens is 290 g/mol. The summed E-state index contributed by atoms with van der Waals surface area (Å²) >= 11 is 1.98. The van der Waals surface area contributed by atoms with E-state index in [1.807, 2.05) is 17.8 Å². The van der Waals surface area contributed by atoms with Crippen LogP contribution in [0.25, 0.3) is 0 Å². The van der Waals surface area contributed by atoms with Crippen molar-refractivity contribution in [3.63, 3.8) is 0 Å². The van der Waals surface area contributed by atoms with Gasteiger partial charge in [-0.25, -0.2) is 0 Å². The molecule has 122 valence electrons. The van der Waals surface area contributed by atoms with Gasteiger partial charge in [-0.2, -0.15) is 11.8 Å². The van der Waals surface area contributed by atoms with Crippen molar-refractivity contribution >= 4 is 17.7 Å². The number of aryl methyl sites for hydroxylation is 1. The molecule has 0 N–H and O–H groups in total. The molecule has 22 heavy (non-hydrogen) atoms. The highest BCUT2D eigenvalue weighted by Gasteiger charge is 2.27. The molecule has 1 aliphatic heterocycles. The van der Waals surface area contributed by atoms with E-state index in [-0.39, 0.29) is 4.75 Å². The lowest BCUT2D eigenvalue weighted by molar-refractivity contribution is -0.133. The van der Waals surface area contributed by atoms with Gasteiger partial charge in [0.05, 0.1) is 6.42 Å². The van der Waals surface area contributed by atoms with Gasteiger partial charge in [0, 0.05) is 23.1 Å². The molecule has 1 aromatic rings. The molecule has 3 heteroatoms. The molecule has 0 aliphatic carbocycles. The van der Waals surface area contributed by atoms with Gasteiger partial charge in [-0.3, -0.25) is 4.79 Å². The molecule has 1 amide bonds. The monoisotopic (exact) mass is 319 g/mol. The van der Waals surface area contributed by atoms with E-state index in [1.54, 1.807) is 0 Å². The number of nitrogens with zero attached hydrogens (tertiary/aromatic N) is 1. The summed E-state index contributed by atoms with van der Waals surface area (Å²) in [6, 6.07) is 8.73. The Bertz CT molecular complexity index is 506. The lowest BCUT2D eigenvalue weighted by Crippen LogP contribution is -2.46. The van der Waals surface area contributed by atoms with Gasteiger partial charge in [0.1, 0.15) is 0 Å². The fourth-order valence-corrected chi connectivity index (χ4v) is 3.99. The van der Waals surface area contributed by atoms with Crippen molar-refractivity contribution in [3.8, 4) is 0 Å². The molecule has 2 rings (SSSR count). The quantitative estimate of drug-likeness (QED) is 0.817. The Labute approximate surface area is 139 Å². The first-order valence-electron chi connectivity index (χ1n) is 8.34. The van der Waals surface area contributed by atoms with Crippen LogP contribution in [0.5, 0.6) is 0 Å². The molecule has 1 heterocycles. The summed E-state index contributed by atoms with van der Waals surface area (Å²) in [5.41, 5.74) is 2.36. The summed E-state index contributed by atoms with van der Waals surface area (Å²) in [5.74, 6) is 1.35. The van der Waals surface area contributed by atoms with Crippen LogP contribution in [0.1, 0.15) is 51.2 Å². The molecule has 1 atom stereocenters. The van der Waals surface area contributed by atoms with E-state index in [0.29, 0.717) is 18.4 Å². The molecule has 1 saturated heterocycles. The third-order valence-corrected chi connectivity index (χ3v) is 5.51. The highest BCUT2D eigenvalue weighted by Crippen LogP contribution is 2.28. The van der Waals surface area contributed by atoms with Crippen LogP contribution in [-0.4, -0.2) is 33.9 Å². The van der Waals surface area contributed by atoms with E-state index in [0.717, 1.165) is 30.7 Å². The van der Waals surface area contributed by atoms with Gasteiger partial charge in [0.15, 0.2) is 0 Å². The molecule has 2 nitrogen and oxygen atoms in total. The Morgan fingerprint density at radius 2 is 2.09 bits per heavy atom. The second-order valence-electron chi connectivity index (χ2n) is 7.33. The third-order valence-electron chi connectivity index (χ3n) is 4.09. The summed E-state index contributed by atoms with van der Waals surface area (Å²) in [6.07, 6.45) is 4.10. The Kier molecular flexibility index (Phi) is 5.96. The van der Waals surface area contributed by atoms with Crippen molar-refractivity contribution < 1.29 is 4.79 Å². The molecular formula is C19H29NOS. The van der Waals surface area contributed by atoms with Crippen molar-refractivity contribution in [2.24, 2.45) is 0 Å². The molecule has 0 aromatic heterocycles. The van der Waals surface area contributed by atoms with Crippen molar-refractivity contribution in [2.75, 3.05) is 12.3 Å². The SMILES string of the molecule is Cc1cccc(CC(=O)N2CCCC[C@H]2CSC(C)(C)C)c1. The number of carbonyl (C=O) groups is 1. The fourth-order valence-electron chi connectivity index (χ4n) is 2.95. The van der Waals surface area contributed by atoms with Gasteiger partial charge < -0.3 is 4.90 Å². The zero-order chi connectivity index (χ0) is 16.2. The Balaban J connectivity index is 1.98. The van der Waals surface area contributed by atoms with Crippen LogP contribution < -0.4 is 0 Å². The second-order valence-corrected chi connectivity index (χ2v) is 9.17. The maximum absolute atomic E-state index is 12.7. The lowest BCUT2D eigenvalue weighted by atomic mass is 10.0. The lowest BCUT2D eigenvalue weighted by Gasteiger charge is -2.37. The predicted molar refractivity (Wildman–Crippen MR) is 96.4 cm³/mol. The zero-order valence-electron chi connectivity index (χ0n) is 14.4. The van der Waals surface area contributed by atoms with Crippen LogP contribution in [0.4, 0.5) is 0 Å². The van der Waals surface area contributed by atoms with E-state index >= 15 is 0 Å². The van der Waals surface area contributed by atoms with Crippen LogP contribution in [-0.2, 0) is 11.2 Å². The van der Waals surface area contributed by atoms with Crippen molar-refractivity contribution in [1.82, 2.24) is 4.90 Å². The number of thioether (sulfide) groups is 1. The minimum Gasteiger partial charge on any atom is -0.339 e. The maximum atomic E-state index is 12.7. The molecule has 0 bridgehead atoms.